The maximum Gasteiger partial charge on any atom is -0.0348 e. The summed E-state index contributed by atoms with van der Waals surface area (Å²) in [4.78, 5) is 0. The highest BCUT2D eigenvalue weighted by Gasteiger charge is 1.82. The lowest BCUT2D eigenvalue weighted by Crippen LogP contribution is -1.74. The van der Waals surface area contributed by atoms with Crippen molar-refractivity contribution in [2.24, 2.45) is 0 Å². The lowest BCUT2D eigenvalue weighted by atomic mass is 10.1. The van der Waals surface area contributed by atoms with Gasteiger partial charge in [0.05, 0.1) is 0 Å². The zero-order valence-electron chi connectivity index (χ0n) is 6.56. The summed E-state index contributed by atoms with van der Waals surface area (Å²) in [5.74, 6) is 0. The molecule has 0 bridgehead atoms. The van der Waals surface area contributed by atoms with E-state index in [2.05, 4.69) is 32.4 Å². The Kier molecular flexibility index (Phi) is 7.52. The van der Waals surface area contributed by atoms with Gasteiger partial charge in [-0.15, -0.1) is 0 Å². The SMILES string of the molecule is CC=CCC[CH]CCC. The van der Waals surface area contributed by atoms with Crippen molar-refractivity contribution in [3.05, 3.63) is 18.6 Å². The topological polar surface area (TPSA) is 0 Å². The summed E-state index contributed by atoms with van der Waals surface area (Å²) in [5, 5.41) is 0. The summed E-state index contributed by atoms with van der Waals surface area (Å²) in [6, 6.07) is 0. The van der Waals surface area contributed by atoms with Crippen molar-refractivity contribution < 1.29 is 0 Å². The average Bonchev–Trinajstić information content (AvgIpc) is 1.89. The quantitative estimate of drug-likeness (QED) is 0.390. The van der Waals surface area contributed by atoms with Crippen LogP contribution in [0.4, 0.5) is 0 Å². The summed E-state index contributed by atoms with van der Waals surface area (Å²) >= 11 is 0. The first-order valence-electron chi connectivity index (χ1n) is 3.84. The highest BCUT2D eigenvalue weighted by molar-refractivity contribution is 4.79. The lowest BCUT2D eigenvalue weighted by Gasteiger charge is -1.91. The van der Waals surface area contributed by atoms with E-state index in [9.17, 15) is 0 Å². The molecule has 0 aromatic heterocycles. The largest absolute Gasteiger partial charge is 0.0917 e. The third-order valence-electron chi connectivity index (χ3n) is 1.27. The van der Waals surface area contributed by atoms with Crippen LogP contribution < -0.4 is 0 Å². The second-order valence-electron chi connectivity index (χ2n) is 2.22. The van der Waals surface area contributed by atoms with Crippen LogP contribution in [0.15, 0.2) is 12.2 Å². The third-order valence-corrected chi connectivity index (χ3v) is 1.27. The van der Waals surface area contributed by atoms with E-state index in [4.69, 9.17) is 0 Å². The van der Waals surface area contributed by atoms with E-state index in [0.29, 0.717) is 0 Å². The van der Waals surface area contributed by atoms with Gasteiger partial charge in [0.2, 0.25) is 0 Å². The van der Waals surface area contributed by atoms with Crippen molar-refractivity contribution in [3.63, 3.8) is 0 Å². The van der Waals surface area contributed by atoms with E-state index < -0.39 is 0 Å². The van der Waals surface area contributed by atoms with Crippen LogP contribution in [0.5, 0.6) is 0 Å². The van der Waals surface area contributed by atoms with Crippen LogP contribution in [0, 0.1) is 6.42 Å². The van der Waals surface area contributed by atoms with E-state index >= 15 is 0 Å². The van der Waals surface area contributed by atoms with Gasteiger partial charge in [-0.1, -0.05) is 31.9 Å². The summed E-state index contributed by atoms with van der Waals surface area (Å²) in [7, 11) is 0. The van der Waals surface area contributed by atoms with Gasteiger partial charge in [-0.05, 0) is 26.2 Å². The molecule has 0 spiro atoms. The van der Waals surface area contributed by atoms with Gasteiger partial charge in [0.1, 0.15) is 0 Å². The van der Waals surface area contributed by atoms with Gasteiger partial charge in [0.25, 0.3) is 0 Å². The molecule has 0 heteroatoms. The van der Waals surface area contributed by atoms with E-state index in [1.807, 2.05) is 0 Å². The molecule has 0 atom stereocenters. The number of hydrogen-bond donors (Lipinski definition) is 0. The Bertz CT molecular complexity index is 62.4. The zero-order valence-corrected chi connectivity index (χ0v) is 6.56. The minimum absolute atomic E-state index is 1.22. The molecule has 0 fully saturated rings. The zero-order chi connectivity index (χ0) is 6.95. The second kappa shape index (κ2) is 7.74. The monoisotopic (exact) mass is 125 g/mol. The van der Waals surface area contributed by atoms with E-state index in [1.54, 1.807) is 0 Å². The smallest absolute Gasteiger partial charge is 0.0348 e. The van der Waals surface area contributed by atoms with Gasteiger partial charge in [-0.25, -0.2) is 0 Å². The maximum atomic E-state index is 2.36. The Hall–Kier alpha value is -0.260. The number of allylic oxidation sites excluding steroid dienone is 2. The summed E-state index contributed by atoms with van der Waals surface area (Å²) in [6.45, 7) is 4.28. The Morgan fingerprint density at radius 2 is 1.89 bits per heavy atom. The van der Waals surface area contributed by atoms with Gasteiger partial charge in [-0.2, -0.15) is 0 Å². The molecule has 53 valence electrons. The lowest BCUT2D eigenvalue weighted by molar-refractivity contribution is 0.821. The molecule has 0 heterocycles. The second-order valence-corrected chi connectivity index (χ2v) is 2.22. The van der Waals surface area contributed by atoms with Crippen molar-refractivity contribution in [3.8, 4) is 0 Å². The maximum absolute atomic E-state index is 2.36. The van der Waals surface area contributed by atoms with Gasteiger partial charge in [0.15, 0.2) is 0 Å². The molecule has 0 aliphatic carbocycles. The first kappa shape index (κ1) is 8.74. The molecule has 9 heavy (non-hydrogen) atoms. The van der Waals surface area contributed by atoms with Gasteiger partial charge in [-0.3, -0.25) is 0 Å². The fourth-order valence-corrected chi connectivity index (χ4v) is 0.729. The van der Waals surface area contributed by atoms with Gasteiger partial charge < -0.3 is 0 Å². The van der Waals surface area contributed by atoms with Crippen LogP contribution >= 0.6 is 0 Å². The highest BCUT2D eigenvalue weighted by Crippen LogP contribution is 2.00. The Morgan fingerprint density at radius 1 is 1.11 bits per heavy atom. The summed E-state index contributed by atoms with van der Waals surface area (Å²) < 4.78 is 0. The third kappa shape index (κ3) is 7.74. The molecule has 0 aromatic rings. The molecular formula is C9H17. The van der Waals surface area contributed by atoms with Crippen LogP contribution in [0.2, 0.25) is 0 Å². The number of hydrogen-bond acceptors (Lipinski definition) is 0. The fourth-order valence-electron chi connectivity index (χ4n) is 0.729. The van der Waals surface area contributed by atoms with Crippen molar-refractivity contribution in [1.82, 2.24) is 0 Å². The molecule has 0 amide bonds. The molecule has 0 saturated heterocycles. The normalized spacial score (nSPS) is 10.9. The van der Waals surface area contributed by atoms with Crippen molar-refractivity contribution >= 4 is 0 Å². The van der Waals surface area contributed by atoms with Crippen molar-refractivity contribution in [2.75, 3.05) is 0 Å². The number of rotatable bonds is 5. The van der Waals surface area contributed by atoms with Gasteiger partial charge in [0, 0.05) is 0 Å². The minimum atomic E-state index is 1.22. The average molecular weight is 125 g/mol. The van der Waals surface area contributed by atoms with Crippen LogP contribution in [0.3, 0.4) is 0 Å². The minimum Gasteiger partial charge on any atom is -0.0917 e. The Labute approximate surface area is 59.0 Å². The standard InChI is InChI=1S/C9H17/c1-3-5-7-9-8-6-4-2/h3,5,8H,4,6-7,9H2,1-2H3. The van der Waals surface area contributed by atoms with E-state index in [1.165, 1.54) is 25.7 Å². The number of unbranched alkanes of at least 4 members (excludes halogenated alkanes) is 4. The predicted octanol–water partition coefficient (Wildman–Crippen LogP) is 3.35. The summed E-state index contributed by atoms with van der Waals surface area (Å²) in [5.41, 5.74) is 0. The van der Waals surface area contributed by atoms with Crippen LogP contribution in [0.1, 0.15) is 39.5 Å². The Balaban J connectivity index is 2.75. The molecule has 0 aliphatic heterocycles. The molecule has 0 aromatic carbocycles. The fraction of sp³-hybridized carbons (Fsp3) is 0.667. The molecule has 0 rings (SSSR count). The van der Waals surface area contributed by atoms with E-state index in [-0.39, 0.29) is 0 Å². The van der Waals surface area contributed by atoms with Crippen LogP contribution in [-0.2, 0) is 0 Å². The molecule has 0 aliphatic rings. The molecule has 0 saturated carbocycles. The van der Waals surface area contributed by atoms with E-state index in [0.717, 1.165) is 0 Å². The van der Waals surface area contributed by atoms with Crippen LogP contribution in [0.25, 0.3) is 0 Å². The summed E-state index contributed by atoms with van der Waals surface area (Å²) in [6.07, 6.45) is 11.7. The predicted molar refractivity (Wildman–Crippen MR) is 43.3 cm³/mol. The van der Waals surface area contributed by atoms with Crippen molar-refractivity contribution in [2.45, 2.75) is 39.5 Å². The molecule has 0 N–H and O–H groups in total. The molecular weight excluding hydrogens is 108 g/mol. The molecule has 0 unspecified atom stereocenters. The first-order chi connectivity index (χ1) is 4.41. The highest BCUT2D eigenvalue weighted by atomic mass is 13.9. The Morgan fingerprint density at radius 3 is 2.44 bits per heavy atom. The first-order valence-corrected chi connectivity index (χ1v) is 3.84. The molecule has 1 radical (unpaired) electrons. The molecule has 0 nitrogen and oxygen atoms in total. The van der Waals surface area contributed by atoms with Gasteiger partial charge >= 0.3 is 0 Å². The van der Waals surface area contributed by atoms with Crippen LogP contribution in [-0.4, -0.2) is 0 Å². The van der Waals surface area contributed by atoms with Crippen molar-refractivity contribution in [1.29, 1.82) is 0 Å².